The van der Waals surface area contributed by atoms with Crippen LogP contribution in [0.1, 0.15) is 5.56 Å². The van der Waals surface area contributed by atoms with Crippen LogP contribution in [0.15, 0.2) is 0 Å². The molecule has 0 aromatic heterocycles. The first-order valence-corrected chi connectivity index (χ1v) is 8.61. The van der Waals surface area contributed by atoms with Gasteiger partial charge in [0.25, 0.3) is 0 Å². The van der Waals surface area contributed by atoms with Crippen molar-refractivity contribution >= 4 is 96.3 Å². The smallest absolute Gasteiger partial charge is 0.320 e. The third-order valence-electron chi connectivity index (χ3n) is 2.07. The third-order valence-corrected chi connectivity index (χ3v) is 8.62. The molecule has 4 nitrogen and oxygen atoms in total. The highest BCUT2D eigenvalue weighted by Gasteiger charge is 2.22. The Morgan fingerprint density at radius 2 is 1.53 bits per heavy atom. The second-order valence-corrected chi connectivity index (χ2v) is 7.55. The number of rotatable bonds is 3. The number of aromatic hydroxyl groups is 1. The maximum Gasteiger partial charge on any atom is 0.320 e. The number of hydrogen-bond acceptors (Lipinski definition) is 3. The molecule has 1 aromatic rings. The minimum absolute atomic E-state index is 0.243. The zero-order valence-electron chi connectivity index (χ0n) is 8.18. The molecule has 0 amide bonds. The molecule has 1 aromatic carbocycles. The lowest BCUT2D eigenvalue weighted by Crippen LogP contribution is -2.33. The summed E-state index contributed by atoms with van der Waals surface area (Å²) in [6.45, 7) is 0. The van der Waals surface area contributed by atoms with Crippen molar-refractivity contribution in [1.29, 1.82) is 0 Å². The topological polar surface area (TPSA) is 83.5 Å². The van der Waals surface area contributed by atoms with Crippen LogP contribution < -0.4 is 5.73 Å². The van der Waals surface area contributed by atoms with Gasteiger partial charge in [0, 0.05) is 13.6 Å². The molecule has 0 radical (unpaired) electrons. The number of halogens is 4. The van der Waals surface area contributed by atoms with Crippen molar-refractivity contribution in [1.82, 2.24) is 0 Å². The number of carboxylic acid groups (broad SMARTS) is 1. The van der Waals surface area contributed by atoms with Crippen LogP contribution in [0.25, 0.3) is 0 Å². The summed E-state index contributed by atoms with van der Waals surface area (Å²) >= 11 is 8.31. The predicted molar refractivity (Wildman–Crippen MR) is 98.3 cm³/mol. The van der Waals surface area contributed by atoms with Crippen LogP contribution >= 0.6 is 90.4 Å². The van der Waals surface area contributed by atoms with Crippen LogP contribution in [0, 0.1) is 14.3 Å². The van der Waals surface area contributed by atoms with Gasteiger partial charge in [-0.25, -0.2) is 0 Å². The zero-order chi connectivity index (χ0) is 13.3. The Morgan fingerprint density at radius 1 is 1.12 bits per heavy atom. The van der Waals surface area contributed by atoms with Crippen molar-refractivity contribution in [3.8, 4) is 5.75 Å². The number of hydrogen-bond donors (Lipinski definition) is 3. The molecule has 0 aliphatic carbocycles. The van der Waals surface area contributed by atoms with Gasteiger partial charge in [-0.05, 0) is 95.9 Å². The number of aliphatic carboxylic acids is 1. The summed E-state index contributed by atoms with van der Waals surface area (Å²) in [5.41, 5.74) is 6.43. The van der Waals surface area contributed by atoms with E-state index in [0.717, 1.165) is 19.8 Å². The van der Waals surface area contributed by atoms with E-state index in [-0.39, 0.29) is 12.2 Å². The van der Waals surface area contributed by atoms with Gasteiger partial charge in [-0.2, -0.15) is 0 Å². The summed E-state index contributed by atoms with van der Waals surface area (Å²) in [6, 6.07) is -0.923. The molecule has 0 spiro atoms. The molecule has 0 aliphatic heterocycles. The minimum atomic E-state index is -1.02. The molecule has 0 fully saturated rings. The van der Waals surface area contributed by atoms with Gasteiger partial charge in [-0.1, -0.05) is 0 Å². The van der Waals surface area contributed by atoms with Gasteiger partial charge in [0.05, 0.1) is 7.14 Å². The molecule has 0 aliphatic rings. The molecule has 0 heterocycles. The molecule has 1 atom stereocenters. The van der Waals surface area contributed by atoms with Gasteiger partial charge in [0.1, 0.15) is 11.8 Å². The van der Waals surface area contributed by atoms with Crippen molar-refractivity contribution in [3.05, 3.63) is 19.8 Å². The predicted octanol–water partition coefficient (Wildman–Crippen LogP) is 2.77. The van der Waals surface area contributed by atoms with Gasteiger partial charge in [0.2, 0.25) is 0 Å². The van der Waals surface area contributed by atoms with Crippen molar-refractivity contribution in [3.63, 3.8) is 0 Å². The number of phenolic OH excluding ortho intramolecular Hbond substituents is 1. The van der Waals surface area contributed by atoms with Crippen LogP contribution in [-0.4, -0.2) is 22.2 Å². The van der Waals surface area contributed by atoms with E-state index in [1.807, 2.05) is 45.2 Å². The standard InChI is InChI=1S/C9H7I4NO3/c10-4-2(1-3(14)9(16)17)5(11)7(13)8(15)6(4)12/h3,15H,1,14H2,(H,16,17). The Bertz CT molecular complexity index is 449. The van der Waals surface area contributed by atoms with E-state index >= 15 is 0 Å². The number of carbonyl (C=O) groups is 1. The van der Waals surface area contributed by atoms with Crippen LogP contribution in [-0.2, 0) is 11.2 Å². The highest BCUT2D eigenvalue weighted by molar-refractivity contribution is 14.1. The fourth-order valence-electron chi connectivity index (χ4n) is 1.15. The monoisotopic (exact) mass is 685 g/mol. The second kappa shape index (κ2) is 6.69. The Balaban J connectivity index is 3.30. The molecule has 8 heteroatoms. The van der Waals surface area contributed by atoms with E-state index in [2.05, 4.69) is 45.2 Å². The molecule has 0 bridgehead atoms. The number of nitrogens with two attached hydrogens (primary N) is 1. The fourth-order valence-corrected chi connectivity index (χ4v) is 4.87. The van der Waals surface area contributed by atoms with Crippen molar-refractivity contribution in [2.24, 2.45) is 5.73 Å². The molecule has 0 saturated heterocycles. The van der Waals surface area contributed by atoms with E-state index in [4.69, 9.17) is 10.8 Å². The summed E-state index contributed by atoms with van der Waals surface area (Å²) < 4.78 is 3.20. The lowest BCUT2D eigenvalue weighted by Gasteiger charge is -2.15. The summed E-state index contributed by atoms with van der Waals surface area (Å²) in [7, 11) is 0. The van der Waals surface area contributed by atoms with Crippen molar-refractivity contribution in [2.75, 3.05) is 0 Å². The van der Waals surface area contributed by atoms with Gasteiger partial charge in [-0.15, -0.1) is 0 Å². The first kappa shape index (κ1) is 16.4. The average molecular weight is 685 g/mol. The SMILES string of the molecule is NC(Cc1c(I)c(I)c(O)c(I)c1I)C(=O)O. The Kier molecular flexibility index (Phi) is 6.47. The Labute approximate surface area is 153 Å². The van der Waals surface area contributed by atoms with Crippen molar-refractivity contribution in [2.45, 2.75) is 12.5 Å². The van der Waals surface area contributed by atoms with E-state index in [9.17, 15) is 9.90 Å². The molecular weight excluding hydrogens is 678 g/mol. The van der Waals surface area contributed by atoms with E-state index in [0.29, 0.717) is 0 Å². The van der Waals surface area contributed by atoms with Gasteiger partial charge in [0.15, 0.2) is 0 Å². The summed E-state index contributed by atoms with van der Waals surface area (Å²) in [5.74, 6) is -0.776. The molecule has 17 heavy (non-hydrogen) atoms. The Morgan fingerprint density at radius 3 is 1.88 bits per heavy atom. The molecule has 1 rings (SSSR count). The zero-order valence-corrected chi connectivity index (χ0v) is 16.8. The maximum atomic E-state index is 10.8. The fraction of sp³-hybridized carbons (Fsp3) is 0.222. The van der Waals surface area contributed by atoms with E-state index in [1.54, 1.807) is 0 Å². The van der Waals surface area contributed by atoms with Gasteiger partial charge >= 0.3 is 5.97 Å². The van der Waals surface area contributed by atoms with Crippen LogP contribution in [0.2, 0.25) is 0 Å². The number of phenols is 1. The largest absolute Gasteiger partial charge is 0.506 e. The minimum Gasteiger partial charge on any atom is -0.506 e. The van der Waals surface area contributed by atoms with Crippen LogP contribution in [0.3, 0.4) is 0 Å². The first-order chi connectivity index (χ1) is 7.77. The summed E-state index contributed by atoms with van der Waals surface area (Å²) in [4.78, 5) is 10.8. The lowest BCUT2D eigenvalue weighted by atomic mass is 10.1. The van der Waals surface area contributed by atoms with E-state index in [1.165, 1.54) is 0 Å². The molecule has 0 saturated carbocycles. The normalized spacial score (nSPS) is 12.5. The van der Waals surface area contributed by atoms with Gasteiger partial charge in [-0.3, -0.25) is 4.79 Å². The molecule has 1 unspecified atom stereocenters. The third kappa shape index (κ3) is 3.68. The molecular formula is C9H7I4NO3. The Hall–Kier alpha value is 1.37. The second-order valence-electron chi connectivity index (χ2n) is 3.23. The summed E-state index contributed by atoms with van der Waals surface area (Å²) in [6.07, 6.45) is 0.262. The van der Waals surface area contributed by atoms with Crippen LogP contribution in [0.4, 0.5) is 0 Å². The van der Waals surface area contributed by atoms with E-state index < -0.39 is 12.0 Å². The molecule has 4 N–H and O–H groups in total. The first-order valence-electron chi connectivity index (χ1n) is 4.29. The van der Waals surface area contributed by atoms with Crippen LogP contribution in [0.5, 0.6) is 5.75 Å². The average Bonchev–Trinajstić information content (AvgIpc) is 2.29. The van der Waals surface area contributed by atoms with Gasteiger partial charge < -0.3 is 15.9 Å². The number of carboxylic acids is 1. The molecule has 94 valence electrons. The lowest BCUT2D eigenvalue weighted by molar-refractivity contribution is -0.138. The maximum absolute atomic E-state index is 10.8. The summed E-state index contributed by atoms with van der Waals surface area (Å²) in [5, 5.41) is 18.7. The highest BCUT2D eigenvalue weighted by atomic mass is 127. The number of benzene rings is 1. The quantitative estimate of drug-likeness (QED) is 0.338. The highest BCUT2D eigenvalue weighted by Crippen LogP contribution is 2.37. The van der Waals surface area contributed by atoms with Crippen molar-refractivity contribution < 1.29 is 15.0 Å².